The fourth-order valence-corrected chi connectivity index (χ4v) is 4.72. The third-order valence-corrected chi connectivity index (χ3v) is 6.65. The molecule has 3 aliphatic rings. The smallest absolute Gasteiger partial charge is 0.226 e. The van der Waals surface area contributed by atoms with E-state index < -0.39 is 0 Å². The van der Waals surface area contributed by atoms with E-state index in [0.717, 1.165) is 57.1 Å². The van der Waals surface area contributed by atoms with Gasteiger partial charge in [-0.05, 0) is 62.6 Å². The number of hydrogen-bond donors (Lipinski definition) is 0. The summed E-state index contributed by atoms with van der Waals surface area (Å²) in [4.78, 5) is 29.6. The zero-order chi connectivity index (χ0) is 18.8. The first-order valence-electron chi connectivity index (χ1n) is 10.5. The number of likely N-dealkylation sites (tertiary alicyclic amines) is 2. The predicted molar refractivity (Wildman–Crippen MR) is 101 cm³/mol. The molecule has 0 aromatic heterocycles. The Bertz CT molecular complexity index is 678. The van der Waals surface area contributed by atoms with Gasteiger partial charge in [-0.2, -0.15) is 0 Å². The van der Waals surface area contributed by atoms with Crippen LogP contribution in [0.15, 0.2) is 24.3 Å². The quantitative estimate of drug-likeness (QED) is 0.807. The molecule has 4 rings (SSSR count). The topological polar surface area (TPSA) is 40.6 Å². The highest BCUT2D eigenvalue weighted by molar-refractivity contribution is 5.82. The summed E-state index contributed by atoms with van der Waals surface area (Å²) >= 11 is 0. The highest BCUT2D eigenvalue weighted by Crippen LogP contribution is 2.35. The van der Waals surface area contributed by atoms with Crippen molar-refractivity contribution in [2.24, 2.45) is 11.8 Å². The Hall–Kier alpha value is -1.91. The molecule has 146 valence electrons. The van der Waals surface area contributed by atoms with Crippen LogP contribution in [0.4, 0.5) is 4.39 Å². The minimum absolute atomic E-state index is 0.0106. The zero-order valence-corrected chi connectivity index (χ0v) is 15.9. The predicted octanol–water partition coefficient (Wildman–Crippen LogP) is 3.92. The van der Waals surface area contributed by atoms with Crippen molar-refractivity contribution in [2.75, 3.05) is 19.6 Å². The van der Waals surface area contributed by atoms with Crippen LogP contribution in [-0.4, -0.2) is 41.2 Å². The summed E-state index contributed by atoms with van der Waals surface area (Å²) in [7, 11) is 0. The van der Waals surface area contributed by atoms with Crippen LogP contribution in [0, 0.1) is 17.7 Å². The van der Waals surface area contributed by atoms with Crippen molar-refractivity contribution in [3.05, 3.63) is 35.6 Å². The summed E-state index contributed by atoms with van der Waals surface area (Å²) < 4.78 is 13.3. The van der Waals surface area contributed by atoms with Gasteiger partial charge in [0.05, 0.1) is 6.04 Å². The van der Waals surface area contributed by atoms with Gasteiger partial charge in [-0.3, -0.25) is 9.59 Å². The first-order valence-corrected chi connectivity index (χ1v) is 10.5. The lowest BCUT2D eigenvalue weighted by atomic mass is 9.83. The number of carbonyl (C=O) groups excluding carboxylic acids is 2. The molecular formula is C22H29FN2O2. The maximum absolute atomic E-state index is 13.3. The number of amides is 2. The van der Waals surface area contributed by atoms with E-state index in [9.17, 15) is 14.0 Å². The molecule has 2 saturated heterocycles. The standard InChI is InChI=1S/C22H29FN2O2/c23-19-9-7-16(8-10-19)20-6-1-2-13-25(20)22(27)18-11-14-24(15-12-18)21(26)17-4-3-5-17/h7-10,17-18,20H,1-6,11-15H2. The Morgan fingerprint density at radius 1 is 0.778 bits per heavy atom. The first kappa shape index (κ1) is 18.5. The fourth-order valence-electron chi connectivity index (χ4n) is 4.72. The summed E-state index contributed by atoms with van der Waals surface area (Å²) in [5.74, 6) is 0.531. The molecule has 4 nitrogen and oxygen atoms in total. The Kier molecular flexibility index (Phi) is 5.46. The van der Waals surface area contributed by atoms with Crippen molar-refractivity contribution in [3.63, 3.8) is 0 Å². The number of hydrogen-bond acceptors (Lipinski definition) is 2. The minimum Gasteiger partial charge on any atom is -0.342 e. The average Bonchev–Trinajstić information content (AvgIpc) is 2.67. The van der Waals surface area contributed by atoms with Crippen molar-refractivity contribution >= 4 is 11.8 Å². The molecule has 2 heterocycles. The van der Waals surface area contributed by atoms with Gasteiger partial charge in [0, 0.05) is 31.5 Å². The second-order valence-electron chi connectivity index (χ2n) is 8.32. The van der Waals surface area contributed by atoms with E-state index in [0.29, 0.717) is 19.0 Å². The van der Waals surface area contributed by atoms with Crippen LogP contribution in [0.25, 0.3) is 0 Å². The van der Waals surface area contributed by atoms with E-state index in [1.807, 2.05) is 21.9 Å². The Labute approximate surface area is 160 Å². The number of rotatable bonds is 3. The van der Waals surface area contributed by atoms with Gasteiger partial charge in [0.15, 0.2) is 0 Å². The van der Waals surface area contributed by atoms with Gasteiger partial charge in [-0.15, -0.1) is 0 Å². The van der Waals surface area contributed by atoms with Crippen LogP contribution in [0.1, 0.15) is 63.0 Å². The molecule has 1 aromatic carbocycles. The average molecular weight is 372 g/mol. The molecule has 3 fully saturated rings. The molecule has 1 saturated carbocycles. The molecule has 2 amide bonds. The van der Waals surface area contributed by atoms with Crippen molar-refractivity contribution in [2.45, 2.75) is 57.4 Å². The van der Waals surface area contributed by atoms with Crippen LogP contribution in [0.3, 0.4) is 0 Å². The van der Waals surface area contributed by atoms with Gasteiger partial charge in [0.2, 0.25) is 11.8 Å². The maximum Gasteiger partial charge on any atom is 0.226 e. The monoisotopic (exact) mass is 372 g/mol. The summed E-state index contributed by atoms with van der Waals surface area (Å²) in [5, 5.41) is 0. The highest BCUT2D eigenvalue weighted by Gasteiger charge is 2.36. The second kappa shape index (κ2) is 7.99. The van der Waals surface area contributed by atoms with Gasteiger partial charge >= 0.3 is 0 Å². The van der Waals surface area contributed by atoms with Crippen LogP contribution in [-0.2, 0) is 9.59 Å². The van der Waals surface area contributed by atoms with E-state index in [2.05, 4.69) is 0 Å². The van der Waals surface area contributed by atoms with Gasteiger partial charge in [-0.1, -0.05) is 18.6 Å². The molecule has 1 aliphatic carbocycles. The molecule has 1 aromatic rings. The normalized spacial score (nSPS) is 24.6. The van der Waals surface area contributed by atoms with Gasteiger partial charge < -0.3 is 9.80 Å². The van der Waals surface area contributed by atoms with Crippen LogP contribution in [0.5, 0.6) is 0 Å². The lowest BCUT2D eigenvalue weighted by molar-refractivity contribution is -0.146. The van der Waals surface area contributed by atoms with Crippen molar-refractivity contribution in [1.29, 1.82) is 0 Å². The maximum atomic E-state index is 13.3. The summed E-state index contributed by atoms with van der Waals surface area (Å²) in [6.07, 6.45) is 7.84. The van der Waals surface area contributed by atoms with E-state index in [4.69, 9.17) is 0 Å². The third-order valence-electron chi connectivity index (χ3n) is 6.65. The zero-order valence-electron chi connectivity index (χ0n) is 15.9. The van der Waals surface area contributed by atoms with Crippen LogP contribution in [0.2, 0.25) is 0 Å². The lowest BCUT2D eigenvalue weighted by Crippen LogP contribution is -2.48. The molecule has 0 spiro atoms. The van der Waals surface area contributed by atoms with Gasteiger partial charge in [-0.25, -0.2) is 4.39 Å². The molecule has 27 heavy (non-hydrogen) atoms. The van der Waals surface area contributed by atoms with Gasteiger partial charge in [0.1, 0.15) is 5.82 Å². The highest BCUT2D eigenvalue weighted by atomic mass is 19.1. The fraction of sp³-hybridized carbons (Fsp3) is 0.636. The molecule has 2 aliphatic heterocycles. The first-order chi connectivity index (χ1) is 13.1. The Morgan fingerprint density at radius 3 is 2.07 bits per heavy atom. The van der Waals surface area contributed by atoms with E-state index in [1.54, 1.807) is 0 Å². The summed E-state index contributed by atoms with van der Waals surface area (Å²) in [6.45, 7) is 2.20. The van der Waals surface area contributed by atoms with Crippen LogP contribution >= 0.6 is 0 Å². The summed E-state index contributed by atoms with van der Waals surface area (Å²) in [5.41, 5.74) is 1.03. The minimum atomic E-state index is -0.240. The number of nitrogens with zero attached hydrogens (tertiary/aromatic N) is 2. The Balaban J connectivity index is 1.39. The lowest BCUT2D eigenvalue weighted by Gasteiger charge is -2.41. The second-order valence-corrected chi connectivity index (χ2v) is 8.32. The van der Waals surface area contributed by atoms with Crippen molar-refractivity contribution in [1.82, 2.24) is 9.80 Å². The molecule has 1 unspecified atom stereocenters. The molecule has 5 heteroatoms. The largest absolute Gasteiger partial charge is 0.342 e. The number of halogens is 1. The number of carbonyl (C=O) groups is 2. The van der Waals surface area contributed by atoms with E-state index >= 15 is 0 Å². The van der Waals surface area contributed by atoms with Gasteiger partial charge in [0.25, 0.3) is 0 Å². The van der Waals surface area contributed by atoms with E-state index in [1.165, 1.54) is 18.6 Å². The molecule has 0 radical (unpaired) electrons. The van der Waals surface area contributed by atoms with Crippen molar-refractivity contribution < 1.29 is 14.0 Å². The molecule has 0 bridgehead atoms. The van der Waals surface area contributed by atoms with Crippen molar-refractivity contribution in [3.8, 4) is 0 Å². The SMILES string of the molecule is O=C(C1CCC1)N1CCC(C(=O)N2CCCCC2c2ccc(F)cc2)CC1. The van der Waals surface area contributed by atoms with E-state index in [-0.39, 0.29) is 29.6 Å². The molecular weight excluding hydrogens is 343 g/mol. The molecule has 0 N–H and O–H groups in total. The number of benzene rings is 1. The third kappa shape index (κ3) is 3.87. The van der Waals surface area contributed by atoms with Crippen LogP contribution < -0.4 is 0 Å². The molecule has 1 atom stereocenters. The Morgan fingerprint density at radius 2 is 1.44 bits per heavy atom. The summed E-state index contributed by atoms with van der Waals surface area (Å²) in [6, 6.07) is 6.65. The number of piperidine rings is 2.